The Balaban J connectivity index is 1.42. The molecule has 0 spiro atoms. The van der Waals surface area contributed by atoms with Crippen LogP contribution in [0.2, 0.25) is 0 Å². The Hall–Kier alpha value is -3.96. The van der Waals surface area contributed by atoms with Crippen molar-refractivity contribution in [1.82, 2.24) is 4.90 Å². The number of anilines is 1. The summed E-state index contributed by atoms with van der Waals surface area (Å²) < 4.78 is 20.6. The lowest BCUT2D eigenvalue weighted by Gasteiger charge is -2.29. The van der Waals surface area contributed by atoms with Crippen LogP contribution < -0.4 is 10.1 Å². The zero-order valence-electron chi connectivity index (χ0n) is 23.7. The third kappa shape index (κ3) is 6.60. The first kappa shape index (κ1) is 27.6. The summed E-state index contributed by atoms with van der Waals surface area (Å²) in [6, 6.07) is 28.1. The van der Waals surface area contributed by atoms with E-state index in [4.69, 9.17) is 4.74 Å². The van der Waals surface area contributed by atoms with Crippen molar-refractivity contribution < 1.29 is 13.9 Å². The fourth-order valence-electron chi connectivity index (χ4n) is 5.13. The maximum atomic E-state index is 14.3. The summed E-state index contributed by atoms with van der Waals surface area (Å²) in [5.41, 5.74) is 6.02. The Kier molecular flexibility index (Phi) is 8.04. The summed E-state index contributed by atoms with van der Waals surface area (Å²) in [6.45, 7) is 8.48. The van der Waals surface area contributed by atoms with Crippen LogP contribution in [0, 0.1) is 5.82 Å². The molecule has 4 aromatic rings. The van der Waals surface area contributed by atoms with Gasteiger partial charge in [-0.3, -0.25) is 4.79 Å². The molecular weight excluding hydrogens is 499 g/mol. The zero-order valence-corrected chi connectivity index (χ0v) is 23.7. The second-order valence-corrected chi connectivity index (χ2v) is 11.7. The number of rotatable bonds is 6. The minimum Gasteiger partial charge on any atom is -0.490 e. The molecule has 1 aliphatic rings. The lowest BCUT2D eigenvalue weighted by atomic mass is 9.86. The number of piperidine rings is 1. The van der Waals surface area contributed by atoms with Crippen LogP contribution in [0.1, 0.15) is 49.5 Å². The summed E-state index contributed by atoms with van der Waals surface area (Å²) in [5.74, 6) is 0.328. The zero-order chi connectivity index (χ0) is 28.3. The molecule has 5 rings (SSSR count). The van der Waals surface area contributed by atoms with Crippen molar-refractivity contribution in [1.29, 1.82) is 0 Å². The highest BCUT2D eigenvalue weighted by Crippen LogP contribution is 2.37. The Morgan fingerprint density at radius 2 is 1.52 bits per heavy atom. The molecule has 5 heteroatoms. The van der Waals surface area contributed by atoms with Crippen LogP contribution in [-0.2, 0) is 5.41 Å². The van der Waals surface area contributed by atoms with Gasteiger partial charge in [0.25, 0.3) is 5.91 Å². The van der Waals surface area contributed by atoms with E-state index in [1.165, 1.54) is 11.6 Å². The van der Waals surface area contributed by atoms with Crippen LogP contribution in [0.25, 0.3) is 22.3 Å². The predicted octanol–water partition coefficient (Wildman–Crippen LogP) is 8.18. The monoisotopic (exact) mass is 536 g/mol. The van der Waals surface area contributed by atoms with E-state index < -0.39 is 0 Å². The van der Waals surface area contributed by atoms with E-state index in [0.29, 0.717) is 11.3 Å². The highest BCUT2D eigenvalue weighted by atomic mass is 19.1. The highest BCUT2D eigenvalue weighted by molar-refractivity contribution is 6.04. The van der Waals surface area contributed by atoms with Gasteiger partial charge in [0, 0.05) is 24.3 Å². The Morgan fingerprint density at radius 1 is 0.850 bits per heavy atom. The molecule has 1 heterocycles. The van der Waals surface area contributed by atoms with Gasteiger partial charge in [0.05, 0.1) is 0 Å². The molecule has 1 aliphatic heterocycles. The van der Waals surface area contributed by atoms with E-state index in [9.17, 15) is 9.18 Å². The van der Waals surface area contributed by atoms with E-state index in [2.05, 4.69) is 38.0 Å². The van der Waals surface area contributed by atoms with Gasteiger partial charge >= 0.3 is 0 Å². The molecule has 0 bridgehead atoms. The van der Waals surface area contributed by atoms with Gasteiger partial charge in [-0.05, 0) is 102 Å². The Morgan fingerprint density at radius 3 is 2.20 bits per heavy atom. The lowest BCUT2D eigenvalue weighted by Crippen LogP contribution is -2.35. The van der Waals surface area contributed by atoms with Crippen LogP contribution in [0.15, 0.2) is 91.0 Å². The molecule has 0 aliphatic carbocycles. The quantitative estimate of drug-likeness (QED) is 0.270. The second-order valence-electron chi connectivity index (χ2n) is 11.7. The molecule has 40 heavy (non-hydrogen) atoms. The second kappa shape index (κ2) is 11.6. The maximum absolute atomic E-state index is 14.3. The highest BCUT2D eigenvalue weighted by Gasteiger charge is 2.19. The molecule has 206 valence electrons. The number of nitrogens with one attached hydrogen (secondary N) is 1. The number of benzene rings is 4. The molecule has 0 aromatic heterocycles. The molecule has 0 atom stereocenters. The average Bonchev–Trinajstić information content (AvgIpc) is 2.94. The van der Waals surface area contributed by atoms with E-state index in [1.54, 1.807) is 12.1 Å². The largest absolute Gasteiger partial charge is 0.490 e. The number of amides is 1. The number of carbonyl (C=O) groups excluding carboxylic acids is 1. The van der Waals surface area contributed by atoms with E-state index in [0.717, 1.165) is 53.9 Å². The number of carbonyl (C=O) groups is 1. The molecule has 1 N–H and O–H groups in total. The van der Waals surface area contributed by atoms with Gasteiger partial charge in [0.1, 0.15) is 17.7 Å². The van der Waals surface area contributed by atoms with Gasteiger partial charge in [-0.1, -0.05) is 63.2 Å². The molecular formula is C35H37FN2O2. The van der Waals surface area contributed by atoms with Crippen LogP contribution in [0.5, 0.6) is 5.75 Å². The van der Waals surface area contributed by atoms with Crippen molar-refractivity contribution in [2.75, 3.05) is 25.5 Å². The Labute approximate surface area is 236 Å². The number of halogens is 1. The van der Waals surface area contributed by atoms with Gasteiger partial charge in [-0.25, -0.2) is 4.39 Å². The van der Waals surface area contributed by atoms with Crippen molar-refractivity contribution in [3.05, 3.63) is 108 Å². The fraction of sp³-hybridized carbons (Fsp3) is 0.286. The van der Waals surface area contributed by atoms with Gasteiger partial charge in [-0.2, -0.15) is 0 Å². The topological polar surface area (TPSA) is 41.6 Å². The summed E-state index contributed by atoms with van der Waals surface area (Å²) in [6.07, 6.45) is 2.13. The van der Waals surface area contributed by atoms with Gasteiger partial charge in [-0.15, -0.1) is 0 Å². The van der Waals surface area contributed by atoms with Gasteiger partial charge in [0.2, 0.25) is 0 Å². The van der Waals surface area contributed by atoms with Crippen molar-refractivity contribution >= 4 is 11.6 Å². The first-order chi connectivity index (χ1) is 19.2. The Bertz CT molecular complexity index is 1480. The molecule has 1 fully saturated rings. The predicted molar refractivity (Wildman–Crippen MR) is 162 cm³/mol. The van der Waals surface area contributed by atoms with E-state index in [1.807, 2.05) is 72.8 Å². The minimum atomic E-state index is -0.288. The molecule has 1 saturated heterocycles. The van der Waals surface area contributed by atoms with Crippen LogP contribution in [-0.4, -0.2) is 37.0 Å². The first-order valence-corrected chi connectivity index (χ1v) is 13.9. The molecule has 1 amide bonds. The average molecular weight is 537 g/mol. The number of ether oxygens (including phenoxy) is 1. The molecule has 0 unspecified atom stereocenters. The van der Waals surface area contributed by atoms with Crippen molar-refractivity contribution in [2.24, 2.45) is 0 Å². The van der Waals surface area contributed by atoms with Crippen LogP contribution in [0.3, 0.4) is 0 Å². The number of nitrogens with zero attached hydrogens (tertiary/aromatic N) is 1. The lowest BCUT2D eigenvalue weighted by molar-refractivity contribution is 0.102. The summed E-state index contributed by atoms with van der Waals surface area (Å²) >= 11 is 0. The van der Waals surface area contributed by atoms with Gasteiger partial charge < -0.3 is 15.0 Å². The molecule has 0 saturated carbocycles. The summed E-state index contributed by atoms with van der Waals surface area (Å²) in [5, 5.41) is 3.04. The molecule has 4 nitrogen and oxygen atoms in total. The maximum Gasteiger partial charge on any atom is 0.255 e. The third-order valence-electron chi connectivity index (χ3n) is 7.54. The number of likely N-dealkylation sites (tertiary alicyclic amines) is 1. The summed E-state index contributed by atoms with van der Waals surface area (Å²) in [4.78, 5) is 15.3. The van der Waals surface area contributed by atoms with Crippen LogP contribution >= 0.6 is 0 Å². The van der Waals surface area contributed by atoms with Gasteiger partial charge in [0.15, 0.2) is 0 Å². The van der Waals surface area contributed by atoms with Crippen molar-refractivity contribution in [2.45, 2.75) is 45.1 Å². The first-order valence-electron chi connectivity index (χ1n) is 13.9. The van der Waals surface area contributed by atoms with Crippen molar-refractivity contribution in [3.63, 3.8) is 0 Å². The number of hydrogen-bond acceptors (Lipinski definition) is 3. The van der Waals surface area contributed by atoms with Crippen molar-refractivity contribution in [3.8, 4) is 28.0 Å². The fourth-order valence-corrected chi connectivity index (χ4v) is 5.13. The van der Waals surface area contributed by atoms with Crippen LogP contribution in [0.4, 0.5) is 10.1 Å². The standard InChI is InChI=1S/C35H37FN2O2/c1-35(2,3)27-13-11-24(12-14-27)34(39)37-29-10-6-8-26(22-29)32-16-15-31(40-30-17-19-38(4)20-18-30)23-33(32)25-7-5-9-28(36)21-25/h5-16,21-23,30H,17-20H2,1-4H3,(H,37,39). The SMILES string of the molecule is CN1CCC(Oc2ccc(-c3cccc(NC(=O)c4ccc(C(C)(C)C)cc4)c3)c(-c3cccc(F)c3)c2)CC1. The minimum absolute atomic E-state index is 0.0242. The molecule has 0 radical (unpaired) electrons. The number of hydrogen-bond donors (Lipinski definition) is 1. The molecule has 4 aromatic carbocycles. The normalized spacial score (nSPS) is 14.6. The van der Waals surface area contributed by atoms with E-state index >= 15 is 0 Å². The van der Waals surface area contributed by atoms with E-state index in [-0.39, 0.29) is 23.2 Å². The smallest absolute Gasteiger partial charge is 0.255 e. The third-order valence-corrected chi connectivity index (χ3v) is 7.54. The summed E-state index contributed by atoms with van der Waals surface area (Å²) in [7, 11) is 2.13.